The van der Waals surface area contributed by atoms with Crippen molar-refractivity contribution < 1.29 is 0 Å². The third-order valence-corrected chi connectivity index (χ3v) is 8.31. The van der Waals surface area contributed by atoms with Crippen molar-refractivity contribution in [2.75, 3.05) is 0 Å². The van der Waals surface area contributed by atoms with Crippen LogP contribution in [0.25, 0.3) is 76.7 Å². The van der Waals surface area contributed by atoms with Crippen LogP contribution in [0.2, 0.25) is 0 Å². The van der Waals surface area contributed by atoms with E-state index in [2.05, 4.69) is 143 Å². The lowest BCUT2D eigenvalue weighted by molar-refractivity contribution is 1.09. The Hall–Kier alpha value is -5.41. The van der Waals surface area contributed by atoms with Gasteiger partial charge in [0.15, 0.2) is 0 Å². The molecule has 0 unspecified atom stereocenters. The Kier molecular flexibility index (Phi) is 4.33. The van der Waals surface area contributed by atoms with Crippen LogP contribution in [-0.4, -0.2) is 14.1 Å². The van der Waals surface area contributed by atoms with E-state index in [-0.39, 0.29) is 0 Å². The summed E-state index contributed by atoms with van der Waals surface area (Å²) >= 11 is 0. The first-order valence-electron chi connectivity index (χ1n) is 13.6. The van der Waals surface area contributed by atoms with Crippen LogP contribution >= 0.6 is 0 Å². The van der Waals surface area contributed by atoms with Crippen molar-refractivity contribution >= 4 is 65.2 Å². The van der Waals surface area contributed by atoms with E-state index >= 15 is 0 Å². The first-order valence-corrected chi connectivity index (χ1v) is 13.6. The molecule has 3 aromatic heterocycles. The minimum atomic E-state index is 0.933. The average molecular weight is 510 g/mol. The number of pyridine rings is 1. The molecule has 0 amide bonds. The molecule has 6 aromatic carbocycles. The van der Waals surface area contributed by atoms with Gasteiger partial charge in [0, 0.05) is 38.8 Å². The summed E-state index contributed by atoms with van der Waals surface area (Å²) in [6, 6.07) is 48.0. The molecule has 0 bridgehead atoms. The lowest BCUT2D eigenvalue weighted by Gasteiger charge is -2.10. The predicted octanol–water partition coefficient (Wildman–Crippen LogP) is 9.58. The second kappa shape index (κ2) is 8.05. The van der Waals surface area contributed by atoms with E-state index in [9.17, 15) is 0 Å². The first kappa shape index (κ1) is 21.5. The fourth-order valence-electron chi connectivity index (χ4n) is 6.55. The maximum atomic E-state index is 4.93. The zero-order chi connectivity index (χ0) is 26.2. The molecule has 0 saturated heterocycles. The molecular formula is C37H23N3. The molecule has 3 nitrogen and oxygen atoms in total. The lowest BCUT2D eigenvalue weighted by Crippen LogP contribution is -1.97. The van der Waals surface area contributed by atoms with E-state index in [0.29, 0.717) is 0 Å². The number of hydrogen-bond donors (Lipinski definition) is 0. The Balaban J connectivity index is 1.43. The molecule has 186 valence electrons. The van der Waals surface area contributed by atoms with Gasteiger partial charge < -0.3 is 4.57 Å². The summed E-state index contributed by atoms with van der Waals surface area (Å²) in [7, 11) is 0. The molecule has 9 aromatic rings. The van der Waals surface area contributed by atoms with Crippen molar-refractivity contribution in [2.24, 2.45) is 0 Å². The first-order chi connectivity index (χ1) is 19.8. The fraction of sp³-hybridized carbons (Fsp3) is 0. The SMILES string of the molecule is c1ccc2cc(-n3c4ccccc4c4c5c6ccccc6n(-c6cc7ccccc7cn6)c5ccc43)ccc2c1. The second-order valence-corrected chi connectivity index (χ2v) is 10.5. The van der Waals surface area contributed by atoms with Crippen LogP contribution in [0, 0.1) is 0 Å². The van der Waals surface area contributed by atoms with Crippen LogP contribution in [0.5, 0.6) is 0 Å². The molecule has 0 fully saturated rings. The fourth-order valence-corrected chi connectivity index (χ4v) is 6.55. The van der Waals surface area contributed by atoms with E-state index < -0.39 is 0 Å². The zero-order valence-electron chi connectivity index (χ0n) is 21.6. The number of para-hydroxylation sites is 2. The number of fused-ring (bicyclic) bond motifs is 9. The van der Waals surface area contributed by atoms with Gasteiger partial charge in [-0.25, -0.2) is 4.98 Å². The summed E-state index contributed by atoms with van der Waals surface area (Å²) in [6.45, 7) is 0. The molecule has 0 aliphatic rings. The third kappa shape index (κ3) is 2.92. The molecule has 9 rings (SSSR count). The summed E-state index contributed by atoms with van der Waals surface area (Å²) in [5.41, 5.74) is 5.91. The van der Waals surface area contributed by atoms with E-state index in [1.165, 1.54) is 54.4 Å². The van der Waals surface area contributed by atoms with Crippen molar-refractivity contribution in [1.82, 2.24) is 14.1 Å². The van der Waals surface area contributed by atoms with Gasteiger partial charge in [-0.1, -0.05) is 91.0 Å². The van der Waals surface area contributed by atoms with Crippen LogP contribution < -0.4 is 0 Å². The average Bonchev–Trinajstić information content (AvgIpc) is 3.53. The summed E-state index contributed by atoms with van der Waals surface area (Å²) in [4.78, 5) is 4.93. The van der Waals surface area contributed by atoms with Gasteiger partial charge in [0.1, 0.15) is 5.82 Å². The molecule has 0 spiro atoms. The Morgan fingerprint density at radius 3 is 1.68 bits per heavy atom. The summed E-state index contributed by atoms with van der Waals surface area (Å²) in [6.07, 6.45) is 1.98. The predicted molar refractivity (Wildman–Crippen MR) is 168 cm³/mol. The second-order valence-electron chi connectivity index (χ2n) is 10.5. The molecule has 40 heavy (non-hydrogen) atoms. The van der Waals surface area contributed by atoms with Gasteiger partial charge in [0.05, 0.1) is 22.1 Å². The molecule has 0 aliphatic carbocycles. The summed E-state index contributed by atoms with van der Waals surface area (Å²) in [5.74, 6) is 0.933. The molecule has 0 N–H and O–H groups in total. The highest BCUT2D eigenvalue weighted by atomic mass is 15.1. The molecular weight excluding hydrogens is 486 g/mol. The number of hydrogen-bond acceptors (Lipinski definition) is 1. The van der Waals surface area contributed by atoms with Crippen molar-refractivity contribution in [1.29, 1.82) is 0 Å². The van der Waals surface area contributed by atoms with Crippen LogP contribution in [0.4, 0.5) is 0 Å². The normalized spacial score (nSPS) is 12.0. The maximum absolute atomic E-state index is 4.93. The largest absolute Gasteiger partial charge is 0.309 e. The van der Waals surface area contributed by atoms with Crippen LogP contribution in [0.1, 0.15) is 0 Å². The Morgan fingerprint density at radius 1 is 0.400 bits per heavy atom. The highest BCUT2D eigenvalue weighted by Gasteiger charge is 2.20. The van der Waals surface area contributed by atoms with Crippen molar-refractivity contribution in [3.05, 3.63) is 140 Å². The minimum Gasteiger partial charge on any atom is -0.309 e. The van der Waals surface area contributed by atoms with E-state index in [1.807, 2.05) is 6.20 Å². The van der Waals surface area contributed by atoms with Crippen molar-refractivity contribution in [2.45, 2.75) is 0 Å². The summed E-state index contributed by atoms with van der Waals surface area (Å²) < 4.78 is 4.73. The standard InChI is InChI=1S/C37H23N3/c1-2-10-25-21-28(18-17-24(25)9-1)39-31-15-7-5-13-29(31)36-33(39)19-20-34-37(36)30-14-6-8-16-32(30)40(34)35-22-26-11-3-4-12-27(26)23-38-35/h1-23H. The molecule has 0 saturated carbocycles. The van der Waals surface area contributed by atoms with Crippen molar-refractivity contribution in [3.8, 4) is 11.5 Å². The van der Waals surface area contributed by atoms with Gasteiger partial charge in [-0.2, -0.15) is 0 Å². The maximum Gasteiger partial charge on any atom is 0.138 e. The van der Waals surface area contributed by atoms with Crippen LogP contribution in [0.15, 0.2) is 140 Å². The lowest BCUT2D eigenvalue weighted by atomic mass is 10.1. The molecule has 0 atom stereocenters. The smallest absolute Gasteiger partial charge is 0.138 e. The monoisotopic (exact) mass is 509 g/mol. The number of nitrogens with zero attached hydrogens (tertiary/aromatic N) is 3. The number of rotatable bonds is 2. The van der Waals surface area contributed by atoms with Gasteiger partial charge in [-0.05, 0) is 58.6 Å². The van der Waals surface area contributed by atoms with Crippen molar-refractivity contribution in [3.63, 3.8) is 0 Å². The quantitative estimate of drug-likeness (QED) is 0.227. The number of benzene rings is 6. The highest BCUT2D eigenvalue weighted by Crippen LogP contribution is 2.42. The van der Waals surface area contributed by atoms with Gasteiger partial charge >= 0.3 is 0 Å². The zero-order valence-corrected chi connectivity index (χ0v) is 21.6. The van der Waals surface area contributed by atoms with Gasteiger partial charge in [0.25, 0.3) is 0 Å². The Morgan fingerprint density at radius 2 is 0.950 bits per heavy atom. The minimum absolute atomic E-state index is 0.933. The van der Waals surface area contributed by atoms with Gasteiger partial charge in [-0.3, -0.25) is 4.57 Å². The molecule has 0 radical (unpaired) electrons. The molecule has 3 heterocycles. The van der Waals surface area contributed by atoms with E-state index in [0.717, 1.165) is 22.2 Å². The molecule has 3 heteroatoms. The van der Waals surface area contributed by atoms with E-state index in [4.69, 9.17) is 4.98 Å². The Bertz CT molecular complexity index is 2270. The topological polar surface area (TPSA) is 22.8 Å². The highest BCUT2D eigenvalue weighted by molar-refractivity contribution is 6.28. The summed E-state index contributed by atoms with van der Waals surface area (Å²) in [5, 5.41) is 9.85. The third-order valence-electron chi connectivity index (χ3n) is 8.31. The molecule has 0 aliphatic heterocycles. The number of aromatic nitrogens is 3. The Labute approximate surface area is 230 Å². The van der Waals surface area contributed by atoms with Crippen LogP contribution in [-0.2, 0) is 0 Å². The van der Waals surface area contributed by atoms with Gasteiger partial charge in [0.2, 0.25) is 0 Å². The van der Waals surface area contributed by atoms with Crippen LogP contribution in [0.3, 0.4) is 0 Å². The van der Waals surface area contributed by atoms with E-state index in [1.54, 1.807) is 0 Å². The van der Waals surface area contributed by atoms with Gasteiger partial charge in [-0.15, -0.1) is 0 Å².